The number of nitrogens with zero attached hydrogens (tertiary/aromatic N) is 1. The number of rotatable bonds is 5. The molecular weight excluding hydrogens is 198 g/mol. The van der Waals surface area contributed by atoms with Gasteiger partial charge in [0, 0.05) is 12.3 Å². The lowest BCUT2D eigenvalue weighted by Crippen LogP contribution is -2.07. The fraction of sp³-hybridized carbons (Fsp3) is 0.400. The molecule has 1 heterocycles. The largest absolute Gasteiger partial charge is 0.490 e. The molecule has 82 valence electrons. The molecule has 0 aliphatic rings. The Morgan fingerprint density at radius 3 is 2.60 bits per heavy atom. The number of pyridine rings is 1. The summed E-state index contributed by atoms with van der Waals surface area (Å²) in [6.07, 6.45) is 1.39. The van der Waals surface area contributed by atoms with E-state index in [1.54, 1.807) is 13.0 Å². The van der Waals surface area contributed by atoms with Crippen LogP contribution in [0.25, 0.3) is 0 Å². The summed E-state index contributed by atoms with van der Waals surface area (Å²) in [4.78, 5) is 14.6. The number of ether oxygens (including phenoxy) is 2. The molecule has 0 amide bonds. The minimum absolute atomic E-state index is 0.122. The number of aromatic carboxylic acids is 1. The van der Waals surface area contributed by atoms with E-state index in [9.17, 15) is 4.79 Å². The molecule has 0 fully saturated rings. The zero-order valence-electron chi connectivity index (χ0n) is 8.69. The van der Waals surface area contributed by atoms with E-state index >= 15 is 0 Å². The Morgan fingerprint density at radius 2 is 2.07 bits per heavy atom. The number of aromatic nitrogens is 1. The van der Waals surface area contributed by atoms with Crippen molar-refractivity contribution in [2.75, 3.05) is 13.2 Å². The highest BCUT2D eigenvalue weighted by molar-refractivity contribution is 5.89. The predicted molar refractivity (Wildman–Crippen MR) is 53.5 cm³/mol. The molecule has 0 aliphatic heterocycles. The molecule has 1 aromatic heterocycles. The first kappa shape index (κ1) is 11.3. The van der Waals surface area contributed by atoms with Gasteiger partial charge in [-0.25, -0.2) is 9.78 Å². The molecule has 0 saturated heterocycles. The Bertz CT molecular complexity index is 351. The van der Waals surface area contributed by atoms with Gasteiger partial charge >= 0.3 is 5.97 Å². The smallest absolute Gasteiger partial charge is 0.358 e. The first-order chi connectivity index (χ1) is 7.20. The summed E-state index contributed by atoms with van der Waals surface area (Å²) in [6, 6.07) is 1.58. The van der Waals surface area contributed by atoms with Crippen molar-refractivity contribution in [3.63, 3.8) is 0 Å². The summed E-state index contributed by atoms with van der Waals surface area (Å²) < 4.78 is 10.5. The van der Waals surface area contributed by atoms with E-state index in [1.165, 1.54) is 6.20 Å². The van der Waals surface area contributed by atoms with E-state index < -0.39 is 5.97 Å². The summed E-state index contributed by atoms with van der Waals surface area (Å²) in [7, 11) is 0. The highest BCUT2D eigenvalue weighted by Gasteiger charge is 2.17. The molecule has 0 aromatic carbocycles. The summed E-state index contributed by atoms with van der Waals surface area (Å²) >= 11 is 0. The molecule has 15 heavy (non-hydrogen) atoms. The second-order valence-corrected chi connectivity index (χ2v) is 2.66. The number of carboxylic acid groups (broad SMARTS) is 1. The second kappa shape index (κ2) is 5.19. The van der Waals surface area contributed by atoms with Crippen molar-refractivity contribution >= 4 is 5.97 Å². The highest BCUT2D eigenvalue weighted by Crippen LogP contribution is 2.29. The maximum Gasteiger partial charge on any atom is 0.358 e. The first-order valence-corrected chi connectivity index (χ1v) is 4.68. The zero-order valence-corrected chi connectivity index (χ0v) is 8.69. The van der Waals surface area contributed by atoms with E-state index in [0.29, 0.717) is 19.0 Å². The summed E-state index contributed by atoms with van der Waals surface area (Å²) in [6.45, 7) is 4.40. The van der Waals surface area contributed by atoms with Gasteiger partial charge in [0.25, 0.3) is 0 Å². The molecule has 0 bridgehead atoms. The predicted octanol–water partition coefficient (Wildman–Crippen LogP) is 1.58. The van der Waals surface area contributed by atoms with Crippen LogP contribution in [-0.2, 0) is 0 Å². The van der Waals surface area contributed by atoms with Crippen molar-refractivity contribution in [3.8, 4) is 11.5 Å². The van der Waals surface area contributed by atoms with Gasteiger partial charge < -0.3 is 14.6 Å². The summed E-state index contributed by atoms with van der Waals surface area (Å²) in [5, 5.41) is 8.89. The van der Waals surface area contributed by atoms with Crippen LogP contribution in [0.1, 0.15) is 24.3 Å². The van der Waals surface area contributed by atoms with Crippen molar-refractivity contribution in [3.05, 3.63) is 18.0 Å². The first-order valence-electron chi connectivity index (χ1n) is 4.68. The van der Waals surface area contributed by atoms with Gasteiger partial charge in [-0.3, -0.25) is 0 Å². The maximum atomic E-state index is 10.9. The minimum Gasteiger partial charge on any atom is -0.490 e. The van der Waals surface area contributed by atoms with Gasteiger partial charge in [-0.1, -0.05) is 0 Å². The molecule has 0 radical (unpaired) electrons. The van der Waals surface area contributed by atoms with Crippen molar-refractivity contribution in [2.24, 2.45) is 0 Å². The van der Waals surface area contributed by atoms with E-state index in [1.807, 2.05) is 6.92 Å². The number of hydrogen-bond acceptors (Lipinski definition) is 4. The quantitative estimate of drug-likeness (QED) is 0.800. The summed E-state index contributed by atoms with van der Waals surface area (Å²) in [5.41, 5.74) is -0.122. The zero-order chi connectivity index (χ0) is 11.3. The molecule has 5 nitrogen and oxygen atoms in total. The SMILES string of the molecule is CCOc1ccnc(C(=O)O)c1OCC. The van der Waals surface area contributed by atoms with Gasteiger partial charge in [0.05, 0.1) is 13.2 Å². The van der Waals surface area contributed by atoms with E-state index in [4.69, 9.17) is 14.6 Å². The Morgan fingerprint density at radius 1 is 1.40 bits per heavy atom. The second-order valence-electron chi connectivity index (χ2n) is 2.66. The van der Waals surface area contributed by atoms with Crippen LogP contribution in [0, 0.1) is 0 Å². The van der Waals surface area contributed by atoms with Gasteiger partial charge in [0.15, 0.2) is 17.2 Å². The highest BCUT2D eigenvalue weighted by atomic mass is 16.5. The third kappa shape index (κ3) is 2.59. The van der Waals surface area contributed by atoms with Gasteiger partial charge in [-0.05, 0) is 13.8 Å². The number of carbonyl (C=O) groups is 1. The lowest BCUT2D eigenvalue weighted by atomic mass is 10.3. The van der Waals surface area contributed by atoms with Crippen molar-refractivity contribution < 1.29 is 19.4 Å². The molecule has 1 aromatic rings. The molecular formula is C10H13NO4. The molecule has 0 spiro atoms. The molecule has 1 N–H and O–H groups in total. The lowest BCUT2D eigenvalue weighted by Gasteiger charge is -2.11. The fourth-order valence-electron chi connectivity index (χ4n) is 1.14. The van der Waals surface area contributed by atoms with Crippen LogP contribution in [0.5, 0.6) is 11.5 Å². The van der Waals surface area contributed by atoms with E-state index in [2.05, 4.69) is 4.98 Å². The molecule has 0 aliphatic carbocycles. The van der Waals surface area contributed by atoms with Crippen LogP contribution in [-0.4, -0.2) is 29.3 Å². The van der Waals surface area contributed by atoms with Crippen LogP contribution in [0.4, 0.5) is 0 Å². The monoisotopic (exact) mass is 211 g/mol. The van der Waals surface area contributed by atoms with Crippen molar-refractivity contribution in [2.45, 2.75) is 13.8 Å². The van der Waals surface area contributed by atoms with Crippen LogP contribution in [0.2, 0.25) is 0 Å². The molecule has 0 saturated carbocycles. The Balaban J connectivity index is 3.15. The molecule has 1 rings (SSSR count). The average Bonchev–Trinajstić information content (AvgIpc) is 2.21. The molecule has 0 unspecified atom stereocenters. The number of carboxylic acids is 1. The normalized spacial score (nSPS) is 9.73. The molecule has 0 atom stereocenters. The maximum absolute atomic E-state index is 10.9. The third-order valence-electron chi connectivity index (χ3n) is 1.66. The van der Waals surface area contributed by atoms with Crippen molar-refractivity contribution in [1.29, 1.82) is 0 Å². The topological polar surface area (TPSA) is 68.7 Å². The minimum atomic E-state index is -1.12. The molecule has 5 heteroatoms. The van der Waals surface area contributed by atoms with Crippen LogP contribution in [0.15, 0.2) is 12.3 Å². The average molecular weight is 211 g/mol. The Hall–Kier alpha value is -1.78. The number of hydrogen-bond donors (Lipinski definition) is 1. The van der Waals surface area contributed by atoms with Gasteiger partial charge in [0.1, 0.15) is 0 Å². The van der Waals surface area contributed by atoms with Crippen LogP contribution in [0.3, 0.4) is 0 Å². The van der Waals surface area contributed by atoms with Crippen LogP contribution >= 0.6 is 0 Å². The van der Waals surface area contributed by atoms with Gasteiger partial charge in [-0.15, -0.1) is 0 Å². The lowest BCUT2D eigenvalue weighted by molar-refractivity contribution is 0.0684. The van der Waals surface area contributed by atoms with Gasteiger partial charge in [0.2, 0.25) is 0 Å². The van der Waals surface area contributed by atoms with E-state index in [-0.39, 0.29) is 11.4 Å². The standard InChI is InChI=1S/C10H13NO4/c1-3-14-7-5-6-11-8(10(12)13)9(7)15-4-2/h5-6H,3-4H2,1-2H3,(H,12,13). The Kier molecular flexibility index (Phi) is 3.91. The van der Waals surface area contributed by atoms with Crippen LogP contribution < -0.4 is 9.47 Å². The third-order valence-corrected chi connectivity index (χ3v) is 1.66. The van der Waals surface area contributed by atoms with Gasteiger partial charge in [-0.2, -0.15) is 0 Å². The Labute approximate surface area is 87.7 Å². The van der Waals surface area contributed by atoms with E-state index in [0.717, 1.165) is 0 Å². The van der Waals surface area contributed by atoms with Crippen molar-refractivity contribution in [1.82, 2.24) is 4.98 Å². The fourth-order valence-corrected chi connectivity index (χ4v) is 1.14. The summed E-state index contributed by atoms with van der Waals surface area (Å²) in [5.74, 6) is -0.527.